The number of halogens is 4. The molecule has 0 atom stereocenters. The van der Waals surface area contributed by atoms with E-state index in [9.17, 15) is 22.4 Å². The highest BCUT2D eigenvalue weighted by atomic mass is 19.4. The van der Waals surface area contributed by atoms with Gasteiger partial charge in [0, 0.05) is 25.7 Å². The van der Waals surface area contributed by atoms with Gasteiger partial charge in [0.15, 0.2) is 17.3 Å². The average molecular weight is 385 g/mol. The van der Waals surface area contributed by atoms with E-state index < -0.39 is 23.2 Å². The Bertz CT molecular complexity index is 859. The topological polar surface area (TPSA) is 63.9 Å². The lowest BCUT2D eigenvalue weighted by Gasteiger charge is -2.33. The van der Waals surface area contributed by atoms with Gasteiger partial charge in [-0.3, -0.25) is 4.79 Å². The molecule has 10 heteroatoms. The van der Waals surface area contributed by atoms with E-state index in [0.29, 0.717) is 44.1 Å². The summed E-state index contributed by atoms with van der Waals surface area (Å²) in [5, 5.41) is 3.44. The molecule has 146 valence electrons. The molecule has 0 aliphatic carbocycles. The van der Waals surface area contributed by atoms with Gasteiger partial charge in [-0.25, -0.2) is 19.0 Å². The van der Waals surface area contributed by atoms with Crippen LogP contribution in [0.25, 0.3) is 0 Å². The van der Waals surface area contributed by atoms with Crippen LogP contribution in [0, 0.1) is 11.7 Å². The minimum atomic E-state index is -4.60. The first-order valence-electron chi connectivity index (χ1n) is 8.69. The van der Waals surface area contributed by atoms with Gasteiger partial charge in [-0.05, 0) is 31.2 Å². The smallest absolute Gasteiger partial charge is 0.354 e. The first kappa shape index (κ1) is 19.2. The molecule has 1 fully saturated rings. The van der Waals surface area contributed by atoms with Crippen molar-refractivity contribution in [1.82, 2.24) is 19.7 Å². The van der Waals surface area contributed by atoms with E-state index in [1.165, 1.54) is 6.33 Å². The number of hydrogen-bond donors (Lipinski definition) is 0. The summed E-state index contributed by atoms with van der Waals surface area (Å²) in [7, 11) is 0. The highest BCUT2D eigenvalue weighted by molar-refractivity contribution is 5.41. The molecule has 2 aromatic rings. The fraction of sp³-hybridized carbons (Fsp3) is 0.529. The Morgan fingerprint density at radius 3 is 2.52 bits per heavy atom. The second kappa shape index (κ2) is 7.61. The number of alkyl halides is 3. The number of aromatic nitrogens is 4. The van der Waals surface area contributed by atoms with Crippen LogP contribution in [0.15, 0.2) is 23.3 Å². The average Bonchev–Trinajstić information content (AvgIpc) is 2.63. The summed E-state index contributed by atoms with van der Waals surface area (Å²) >= 11 is 0. The molecular formula is C17H19F4N5O. The van der Waals surface area contributed by atoms with E-state index in [2.05, 4.69) is 15.1 Å². The van der Waals surface area contributed by atoms with Crippen molar-refractivity contribution >= 4 is 5.82 Å². The third kappa shape index (κ3) is 4.25. The molecule has 2 aromatic heterocycles. The van der Waals surface area contributed by atoms with Crippen molar-refractivity contribution in [3.8, 4) is 0 Å². The molecule has 27 heavy (non-hydrogen) atoms. The third-order valence-electron chi connectivity index (χ3n) is 4.68. The van der Waals surface area contributed by atoms with Crippen LogP contribution in [0.5, 0.6) is 0 Å². The van der Waals surface area contributed by atoms with Crippen LogP contribution < -0.4 is 10.5 Å². The first-order valence-corrected chi connectivity index (χ1v) is 8.69. The Balaban J connectivity index is 1.68. The van der Waals surface area contributed by atoms with Gasteiger partial charge in [0.2, 0.25) is 0 Å². The number of rotatable bonds is 4. The number of piperidine rings is 1. The molecule has 0 spiro atoms. The SMILES string of the molecule is CCc1ncnc(N2CCC(Cn3nc(C(F)(F)F)ccc3=O)CC2)c1F. The molecule has 0 N–H and O–H groups in total. The highest BCUT2D eigenvalue weighted by Gasteiger charge is 2.33. The molecule has 0 unspecified atom stereocenters. The molecule has 0 radical (unpaired) electrons. The van der Waals surface area contributed by atoms with Crippen LogP contribution in [-0.4, -0.2) is 32.8 Å². The number of nitrogens with zero attached hydrogens (tertiary/aromatic N) is 5. The van der Waals surface area contributed by atoms with E-state index in [1.54, 1.807) is 11.8 Å². The van der Waals surface area contributed by atoms with Gasteiger partial charge >= 0.3 is 6.18 Å². The third-order valence-corrected chi connectivity index (χ3v) is 4.68. The van der Waals surface area contributed by atoms with Crippen molar-refractivity contribution in [3.63, 3.8) is 0 Å². The molecule has 1 aliphatic heterocycles. The molecule has 6 nitrogen and oxygen atoms in total. The van der Waals surface area contributed by atoms with Crippen LogP contribution in [0.2, 0.25) is 0 Å². The summed E-state index contributed by atoms with van der Waals surface area (Å²) in [5.74, 6) is -0.214. The summed E-state index contributed by atoms with van der Waals surface area (Å²) in [6.45, 7) is 2.90. The van der Waals surface area contributed by atoms with Gasteiger partial charge in [0.1, 0.15) is 6.33 Å². The molecule has 3 rings (SSSR count). The molecule has 0 aromatic carbocycles. The molecule has 0 saturated carbocycles. The van der Waals surface area contributed by atoms with Crippen molar-refractivity contribution < 1.29 is 17.6 Å². The maximum Gasteiger partial charge on any atom is 0.435 e. The van der Waals surface area contributed by atoms with Crippen molar-refractivity contribution in [2.24, 2.45) is 5.92 Å². The van der Waals surface area contributed by atoms with Crippen LogP contribution in [0.1, 0.15) is 31.2 Å². The number of anilines is 1. The van der Waals surface area contributed by atoms with Crippen LogP contribution >= 0.6 is 0 Å². The molecule has 1 aliphatic rings. The zero-order valence-corrected chi connectivity index (χ0v) is 14.7. The van der Waals surface area contributed by atoms with Crippen LogP contribution in [0.3, 0.4) is 0 Å². The van der Waals surface area contributed by atoms with Gasteiger partial charge in [-0.2, -0.15) is 18.3 Å². The minimum Gasteiger partial charge on any atom is -0.354 e. The Morgan fingerprint density at radius 2 is 1.89 bits per heavy atom. The van der Waals surface area contributed by atoms with E-state index in [-0.39, 0.29) is 18.3 Å². The molecule has 3 heterocycles. The fourth-order valence-electron chi connectivity index (χ4n) is 3.17. The zero-order valence-electron chi connectivity index (χ0n) is 14.7. The van der Waals surface area contributed by atoms with Crippen molar-refractivity contribution in [3.05, 3.63) is 46.0 Å². The predicted molar refractivity (Wildman–Crippen MR) is 89.8 cm³/mol. The van der Waals surface area contributed by atoms with E-state index >= 15 is 0 Å². The lowest BCUT2D eigenvalue weighted by molar-refractivity contribution is -0.142. The maximum atomic E-state index is 14.4. The van der Waals surface area contributed by atoms with Gasteiger partial charge in [0.25, 0.3) is 5.56 Å². The van der Waals surface area contributed by atoms with Crippen molar-refractivity contribution in [2.75, 3.05) is 18.0 Å². The summed E-state index contributed by atoms with van der Waals surface area (Å²) in [5.41, 5.74) is -1.31. The summed E-state index contributed by atoms with van der Waals surface area (Å²) in [4.78, 5) is 21.6. The lowest BCUT2D eigenvalue weighted by Crippen LogP contribution is -2.38. The lowest BCUT2D eigenvalue weighted by atomic mass is 9.96. The highest BCUT2D eigenvalue weighted by Crippen LogP contribution is 2.27. The zero-order chi connectivity index (χ0) is 19.6. The Labute approximate surface area is 152 Å². The van der Waals surface area contributed by atoms with E-state index in [0.717, 1.165) is 10.7 Å². The second-order valence-electron chi connectivity index (χ2n) is 6.48. The summed E-state index contributed by atoms with van der Waals surface area (Å²) < 4.78 is 53.6. The Kier molecular flexibility index (Phi) is 5.43. The molecule has 1 saturated heterocycles. The minimum absolute atomic E-state index is 0.0227. The Morgan fingerprint density at radius 1 is 1.19 bits per heavy atom. The largest absolute Gasteiger partial charge is 0.435 e. The van der Waals surface area contributed by atoms with Gasteiger partial charge in [-0.15, -0.1) is 0 Å². The Hall–Kier alpha value is -2.52. The molecular weight excluding hydrogens is 366 g/mol. The fourth-order valence-corrected chi connectivity index (χ4v) is 3.17. The number of hydrogen-bond acceptors (Lipinski definition) is 5. The quantitative estimate of drug-likeness (QED) is 0.758. The van der Waals surface area contributed by atoms with E-state index in [1.807, 2.05) is 0 Å². The van der Waals surface area contributed by atoms with Gasteiger partial charge in [-0.1, -0.05) is 6.92 Å². The molecule has 0 bridgehead atoms. The van der Waals surface area contributed by atoms with Crippen molar-refractivity contribution in [1.29, 1.82) is 0 Å². The van der Waals surface area contributed by atoms with Crippen LogP contribution in [-0.2, 0) is 19.1 Å². The van der Waals surface area contributed by atoms with Gasteiger partial charge < -0.3 is 4.90 Å². The van der Waals surface area contributed by atoms with Crippen LogP contribution in [0.4, 0.5) is 23.4 Å². The number of aryl methyl sites for hydroxylation is 1. The summed E-state index contributed by atoms with van der Waals surface area (Å²) in [6, 6.07) is 1.57. The maximum absolute atomic E-state index is 14.4. The predicted octanol–water partition coefficient (Wildman–Crippen LogP) is 2.67. The summed E-state index contributed by atoms with van der Waals surface area (Å²) in [6.07, 6.45) is -1.62. The van der Waals surface area contributed by atoms with E-state index in [4.69, 9.17) is 0 Å². The van der Waals surface area contributed by atoms with Crippen molar-refractivity contribution in [2.45, 2.75) is 38.9 Å². The van der Waals surface area contributed by atoms with Gasteiger partial charge in [0.05, 0.1) is 5.69 Å². The first-order chi connectivity index (χ1) is 12.8. The second-order valence-corrected chi connectivity index (χ2v) is 6.48. The monoisotopic (exact) mass is 385 g/mol. The standard InChI is InChI=1S/C17H19F4N5O/c1-2-12-15(18)16(23-10-22-12)25-7-5-11(6-8-25)9-26-14(27)4-3-13(24-26)17(19,20)21/h3-4,10-11H,2,5-9H2,1H3. The normalized spacial score (nSPS) is 16.0. The molecule has 0 amide bonds.